The van der Waals surface area contributed by atoms with Gasteiger partial charge in [0.2, 0.25) is 0 Å². The molecule has 0 aliphatic carbocycles. The van der Waals surface area contributed by atoms with Gasteiger partial charge in [-0.2, -0.15) is 0 Å². The van der Waals surface area contributed by atoms with Crippen molar-refractivity contribution in [1.29, 1.82) is 0 Å². The predicted molar refractivity (Wildman–Crippen MR) is 85.3 cm³/mol. The molecular weight excluding hydrogens is 334 g/mol. The van der Waals surface area contributed by atoms with E-state index >= 15 is 0 Å². The van der Waals surface area contributed by atoms with Crippen LogP contribution < -0.4 is 5.32 Å². The number of nitrogens with one attached hydrogen (secondary N) is 1. The first-order chi connectivity index (χ1) is 11.7. The van der Waals surface area contributed by atoms with E-state index in [2.05, 4.69) is 0 Å². The molecule has 0 fully saturated rings. The van der Waals surface area contributed by atoms with E-state index in [9.17, 15) is 23.2 Å². The number of nitrogens with zero attached hydrogens (tertiary/aromatic N) is 1. The number of hydrogen-bond acceptors (Lipinski definition) is 4. The van der Waals surface area contributed by atoms with Crippen molar-refractivity contribution >= 4 is 23.3 Å². The molecule has 6 nitrogen and oxygen atoms in total. The number of carbonyl (C=O) groups excluding carboxylic acids is 3. The number of rotatable bonds is 5. The normalized spacial score (nSPS) is 11.7. The van der Waals surface area contributed by atoms with E-state index in [1.165, 1.54) is 30.7 Å². The van der Waals surface area contributed by atoms with E-state index in [4.69, 9.17) is 4.74 Å². The molecule has 0 bridgehead atoms. The average Bonchev–Trinajstić information content (AvgIpc) is 2.93. The second-order valence-electron chi connectivity index (χ2n) is 5.41. The summed E-state index contributed by atoms with van der Waals surface area (Å²) in [5.74, 6) is -3.85. The fourth-order valence-corrected chi connectivity index (χ4v) is 2.08. The number of carbonyl (C=O) groups is 3. The Bertz CT molecular complexity index is 825. The van der Waals surface area contributed by atoms with Gasteiger partial charge in [0.1, 0.15) is 23.0 Å². The molecule has 2 rings (SSSR count). The van der Waals surface area contributed by atoms with E-state index in [0.717, 1.165) is 18.2 Å². The van der Waals surface area contributed by atoms with Crippen LogP contribution >= 0.6 is 0 Å². The van der Waals surface area contributed by atoms with Crippen LogP contribution in [0.25, 0.3) is 0 Å². The largest absolute Gasteiger partial charge is 0.448 e. The van der Waals surface area contributed by atoms with Gasteiger partial charge >= 0.3 is 5.97 Å². The number of ketones is 1. The van der Waals surface area contributed by atoms with Gasteiger partial charge < -0.3 is 14.6 Å². The molecule has 1 aromatic heterocycles. The van der Waals surface area contributed by atoms with Crippen LogP contribution in [0, 0.1) is 11.6 Å². The number of Topliss-reactive ketones (excluding diaryl/α,β-unsaturated/α-hetero) is 1. The number of ether oxygens (including phenoxy) is 1. The van der Waals surface area contributed by atoms with Crippen molar-refractivity contribution in [1.82, 2.24) is 4.57 Å². The van der Waals surface area contributed by atoms with Gasteiger partial charge in [-0.25, -0.2) is 13.6 Å². The molecule has 8 heteroatoms. The van der Waals surface area contributed by atoms with E-state index in [1.807, 2.05) is 5.32 Å². The summed E-state index contributed by atoms with van der Waals surface area (Å²) in [7, 11) is 1.54. The van der Waals surface area contributed by atoms with Crippen molar-refractivity contribution in [3.8, 4) is 0 Å². The lowest BCUT2D eigenvalue weighted by atomic mass is 10.2. The minimum atomic E-state index is -1.30. The molecule has 132 valence electrons. The second kappa shape index (κ2) is 7.25. The highest BCUT2D eigenvalue weighted by atomic mass is 19.1. The van der Waals surface area contributed by atoms with Crippen molar-refractivity contribution in [2.75, 3.05) is 5.32 Å². The van der Waals surface area contributed by atoms with Gasteiger partial charge in [0, 0.05) is 18.8 Å². The van der Waals surface area contributed by atoms with Crippen molar-refractivity contribution in [3.63, 3.8) is 0 Å². The molecule has 2 aromatic rings. The topological polar surface area (TPSA) is 77.4 Å². The lowest BCUT2D eigenvalue weighted by Gasteiger charge is -2.14. The molecular formula is C17H16F2N2O4. The molecule has 25 heavy (non-hydrogen) atoms. The molecule has 1 heterocycles. The monoisotopic (exact) mass is 350 g/mol. The number of benzene rings is 1. The molecule has 0 saturated carbocycles. The molecule has 0 unspecified atom stereocenters. The Morgan fingerprint density at radius 2 is 1.80 bits per heavy atom. The maximum absolute atomic E-state index is 13.5. The van der Waals surface area contributed by atoms with Crippen LogP contribution in [0.5, 0.6) is 0 Å². The first kappa shape index (κ1) is 18.3. The maximum atomic E-state index is 13.5. The van der Waals surface area contributed by atoms with E-state index in [0.29, 0.717) is 5.56 Å². The van der Waals surface area contributed by atoms with Crippen LogP contribution in [0.3, 0.4) is 0 Å². The summed E-state index contributed by atoms with van der Waals surface area (Å²) in [6.45, 7) is 2.62. The molecule has 0 aliphatic heterocycles. The van der Waals surface area contributed by atoms with Crippen LogP contribution in [-0.4, -0.2) is 28.3 Å². The summed E-state index contributed by atoms with van der Waals surface area (Å²) in [5, 5.41) is 2.05. The number of esters is 1. The van der Waals surface area contributed by atoms with Gasteiger partial charge in [-0.15, -0.1) is 0 Å². The Balaban J connectivity index is 2.08. The van der Waals surface area contributed by atoms with Gasteiger partial charge in [0.25, 0.3) is 5.91 Å². The molecule has 1 aromatic carbocycles. The highest BCUT2D eigenvalue weighted by Crippen LogP contribution is 2.18. The minimum absolute atomic E-state index is 0.0712. The van der Waals surface area contributed by atoms with E-state index in [1.54, 1.807) is 7.05 Å². The number of anilines is 1. The van der Waals surface area contributed by atoms with Crippen LogP contribution in [0.15, 0.2) is 30.5 Å². The first-order valence-corrected chi connectivity index (χ1v) is 7.34. The SMILES string of the molecule is CC(=O)c1cc(C(=O)O[C@H](C)C(=O)Nc2c(F)cccc2F)n(C)c1. The standard InChI is InChI=1S/C17H16F2N2O4/c1-9(22)11-7-14(21(3)8-11)17(24)25-10(2)16(23)20-15-12(18)5-4-6-13(15)19/h4-8,10H,1-3H3,(H,20,23)/t10-/m1/s1. The smallest absolute Gasteiger partial charge is 0.355 e. The van der Waals surface area contributed by atoms with Crippen molar-refractivity contribution < 1.29 is 27.9 Å². The molecule has 0 saturated heterocycles. The summed E-state index contributed by atoms with van der Waals surface area (Å²) in [6.07, 6.45) is 0.153. The highest BCUT2D eigenvalue weighted by Gasteiger charge is 2.23. The third-order valence-electron chi connectivity index (χ3n) is 3.48. The molecule has 1 atom stereocenters. The van der Waals surface area contributed by atoms with Gasteiger partial charge in [-0.05, 0) is 32.0 Å². The zero-order chi connectivity index (χ0) is 18.7. The van der Waals surface area contributed by atoms with Crippen LogP contribution in [0.2, 0.25) is 0 Å². The predicted octanol–water partition coefficient (Wildman–Crippen LogP) is 2.69. The summed E-state index contributed by atoms with van der Waals surface area (Å²) in [5.41, 5.74) is -0.227. The highest BCUT2D eigenvalue weighted by molar-refractivity contribution is 5.99. The Kier molecular flexibility index (Phi) is 5.31. The lowest BCUT2D eigenvalue weighted by Crippen LogP contribution is -2.31. The quantitative estimate of drug-likeness (QED) is 0.664. The Labute approximate surface area is 142 Å². The zero-order valence-corrected chi connectivity index (χ0v) is 13.8. The number of para-hydroxylation sites is 1. The van der Waals surface area contributed by atoms with Gasteiger partial charge in [-0.3, -0.25) is 9.59 Å². The summed E-state index contributed by atoms with van der Waals surface area (Å²) in [6, 6.07) is 4.48. The number of hydrogen-bond donors (Lipinski definition) is 1. The third kappa shape index (κ3) is 4.09. The molecule has 0 radical (unpaired) electrons. The number of halogens is 2. The molecule has 1 N–H and O–H groups in total. The Morgan fingerprint density at radius 3 is 2.32 bits per heavy atom. The van der Waals surface area contributed by atoms with E-state index in [-0.39, 0.29) is 11.5 Å². The Morgan fingerprint density at radius 1 is 1.20 bits per heavy atom. The number of aryl methyl sites for hydroxylation is 1. The number of amides is 1. The number of aromatic nitrogens is 1. The maximum Gasteiger partial charge on any atom is 0.355 e. The van der Waals surface area contributed by atoms with Crippen LogP contribution in [-0.2, 0) is 16.6 Å². The van der Waals surface area contributed by atoms with Crippen LogP contribution in [0.4, 0.5) is 14.5 Å². The zero-order valence-electron chi connectivity index (χ0n) is 13.8. The molecule has 1 amide bonds. The fraction of sp³-hybridized carbons (Fsp3) is 0.235. The average molecular weight is 350 g/mol. The third-order valence-corrected chi connectivity index (χ3v) is 3.48. The van der Waals surface area contributed by atoms with Gasteiger partial charge in [-0.1, -0.05) is 6.07 Å². The molecule has 0 spiro atoms. The lowest BCUT2D eigenvalue weighted by molar-refractivity contribution is -0.123. The summed E-state index contributed by atoms with van der Waals surface area (Å²) in [4.78, 5) is 35.4. The Hall–Kier alpha value is -3.03. The second-order valence-corrected chi connectivity index (χ2v) is 5.41. The first-order valence-electron chi connectivity index (χ1n) is 7.34. The minimum Gasteiger partial charge on any atom is -0.448 e. The summed E-state index contributed by atoms with van der Waals surface area (Å²) < 4.78 is 33.5. The van der Waals surface area contributed by atoms with Crippen LogP contribution in [0.1, 0.15) is 34.7 Å². The van der Waals surface area contributed by atoms with Crippen molar-refractivity contribution in [3.05, 3.63) is 53.4 Å². The van der Waals surface area contributed by atoms with Gasteiger partial charge in [0.15, 0.2) is 11.9 Å². The molecule has 0 aliphatic rings. The summed E-state index contributed by atoms with van der Waals surface area (Å²) >= 11 is 0. The van der Waals surface area contributed by atoms with Gasteiger partial charge in [0.05, 0.1) is 0 Å². The fourth-order valence-electron chi connectivity index (χ4n) is 2.08. The van der Waals surface area contributed by atoms with Crippen molar-refractivity contribution in [2.45, 2.75) is 20.0 Å². The van der Waals surface area contributed by atoms with Crippen molar-refractivity contribution in [2.24, 2.45) is 7.05 Å². The van der Waals surface area contributed by atoms with E-state index < -0.39 is 35.3 Å².